The number of halogens is 1. The van der Waals surface area contributed by atoms with Gasteiger partial charge >= 0.3 is 0 Å². The summed E-state index contributed by atoms with van der Waals surface area (Å²) >= 11 is 3.48. The van der Waals surface area contributed by atoms with E-state index < -0.39 is 0 Å². The van der Waals surface area contributed by atoms with E-state index >= 15 is 0 Å². The molecule has 0 spiro atoms. The summed E-state index contributed by atoms with van der Waals surface area (Å²) < 4.78 is 1.05. The SMILES string of the molecule is Cc1cc(/C(=N\O)C(Cc2ccc(Br)cc2)c2ccccc2)cc(C)n1. The van der Waals surface area contributed by atoms with Crippen LogP contribution < -0.4 is 0 Å². The zero-order chi connectivity index (χ0) is 18.5. The first-order valence-corrected chi connectivity index (χ1v) is 9.33. The molecule has 0 bridgehead atoms. The topological polar surface area (TPSA) is 45.5 Å². The summed E-state index contributed by atoms with van der Waals surface area (Å²) in [6, 6.07) is 22.4. The van der Waals surface area contributed by atoms with Gasteiger partial charge in [0.2, 0.25) is 0 Å². The van der Waals surface area contributed by atoms with E-state index in [1.165, 1.54) is 5.56 Å². The van der Waals surface area contributed by atoms with Gasteiger partial charge in [0.15, 0.2) is 0 Å². The van der Waals surface area contributed by atoms with E-state index in [1.54, 1.807) is 0 Å². The maximum atomic E-state index is 9.88. The molecule has 3 aromatic rings. The molecule has 0 aliphatic rings. The molecule has 1 unspecified atom stereocenters. The van der Waals surface area contributed by atoms with Gasteiger partial charge in [-0.1, -0.05) is 63.6 Å². The molecule has 1 N–H and O–H groups in total. The lowest BCUT2D eigenvalue weighted by atomic mass is 9.85. The third-order valence-electron chi connectivity index (χ3n) is 4.37. The number of nitrogens with zero attached hydrogens (tertiary/aromatic N) is 2. The monoisotopic (exact) mass is 408 g/mol. The standard InChI is InChI=1S/C22H21BrN2O/c1-15-12-19(13-16(2)24-15)22(25-26)21(18-6-4-3-5-7-18)14-17-8-10-20(23)11-9-17/h3-13,21,26H,14H2,1-2H3/b25-22+. The van der Waals surface area contributed by atoms with Gasteiger partial charge in [0, 0.05) is 27.3 Å². The summed E-state index contributed by atoms with van der Waals surface area (Å²) in [4.78, 5) is 4.43. The minimum Gasteiger partial charge on any atom is -0.411 e. The van der Waals surface area contributed by atoms with E-state index in [-0.39, 0.29) is 5.92 Å². The third kappa shape index (κ3) is 4.38. The fourth-order valence-corrected chi connectivity index (χ4v) is 3.49. The van der Waals surface area contributed by atoms with Crippen molar-refractivity contribution in [2.75, 3.05) is 0 Å². The summed E-state index contributed by atoms with van der Waals surface area (Å²) in [6.07, 6.45) is 0.747. The highest BCUT2D eigenvalue weighted by molar-refractivity contribution is 9.10. The van der Waals surface area contributed by atoms with Crippen molar-refractivity contribution in [3.63, 3.8) is 0 Å². The Labute approximate surface area is 162 Å². The molecule has 3 nitrogen and oxygen atoms in total. The second-order valence-corrected chi connectivity index (χ2v) is 7.33. The predicted molar refractivity (Wildman–Crippen MR) is 109 cm³/mol. The molecule has 0 radical (unpaired) electrons. The van der Waals surface area contributed by atoms with Gasteiger partial charge in [-0.25, -0.2) is 0 Å². The Morgan fingerprint density at radius 3 is 2.19 bits per heavy atom. The van der Waals surface area contributed by atoms with Crippen molar-refractivity contribution in [1.82, 2.24) is 4.98 Å². The van der Waals surface area contributed by atoms with Crippen molar-refractivity contribution >= 4 is 21.6 Å². The van der Waals surface area contributed by atoms with Gasteiger partial charge in [0.25, 0.3) is 0 Å². The van der Waals surface area contributed by atoms with Crippen molar-refractivity contribution in [2.24, 2.45) is 5.16 Å². The van der Waals surface area contributed by atoms with E-state index in [9.17, 15) is 5.21 Å². The number of hydrogen-bond acceptors (Lipinski definition) is 3. The molecule has 2 aromatic carbocycles. The van der Waals surface area contributed by atoms with Crippen LogP contribution in [-0.4, -0.2) is 15.9 Å². The number of aromatic nitrogens is 1. The van der Waals surface area contributed by atoms with E-state index in [4.69, 9.17) is 0 Å². The molecule has 0 amide bonds. The van der Waals surface area contributed by atoms with E-state index in [2.05, 4.69) is 50.3 Å². The van der Waals surface area contributed by atoms with Gasteiger partial charge in [-0.05, 0) is 55.7 Å². The molecule has 0 aliphatic heterocycles. The molecule has 3 rings (SSSR count). The Balaban J connectivity index is 2.05. The number of oxime groups is 1. The minimum atomic E-state index is -0.0522. The Morgan fingerprint density at radius 2 is 1.62 bits per heavy atom. The Morgan fingerprint density at radius 1 is 1.00 bits per heavy atom. The lowest BCUT2D eigenvalue weighted by Crippen LogP contribution is -2.17. The largest absolute Gasteiger partial charge is 0.411 e. The van der Waals surface area contributed by atoms with Crippen molar-refractivity contribution in [2.45, 2.75) is 26.2 Å². The molecular formula is C22H21BrN2O. The number of rotatable bonds is 5. The van der Waals surface area contributed by atoms with E-state index in [0.29, 0.717) is 5.71 Å². The highest BCUT2D eigenvalue weighted by Gasteiger charge is 2.22. The first kappa shape index (κ1) is 18.3. The molecule has 0 fully saturated rings. The summed E-state index contributed by atoms with van der Waals surface area (Å²) in [5.74, 6) is -0.0522. The second kappa shape index (κ2) is 8.28. The third-order valence-corrected chi connectivity index (χ3v) is 4.90. The number of benzene rings is 2. The summed E-state index contributed by atoms with van der Waals surface area (Å²) in [6.45, 7) is 3.91. The minimum absolute atomic E-state index is 0.0522. The van der Waals surface area contributed by atoms with Gasteiger partial charge in [-0.3, -0.25) is 4.98 Å². The molecule has 1 aromatic heterocycles. The summed E-state index contributed by atoms with van der Waals surface area (Å²) in [5.41, 5.74) is 5.70. The smallest absolute Gasteiger partial charge is 0.0947 e. The highest BCUT2D eigenvalue weighted by Crippen LogP contribution is 2.27. The fraction of sp³-hybridized carbons (Fsp3) is 0.182. The Hall–Kier alpha value is -2.46. The fourth-order valence-electron chi connectivity index (χ4n) is 3.22. The zero-order valence-corrected chi connectivity index (χ0v) is 16.4. The maximum Gasteiger partial charge on any atom is 0.0947 e. The molecule has 0 saturated carbocycles. The van der Waals surface area contributed by atoms with Gasteiger partial charge in [0.05, 0.1) is 5.71 Å². The molecule has 1 heterocycles. The molecule has 26 heavy (non-hydrogen) atoms. The van der Waals surface area contributed by atoms with Gasteiger partial charge in [-0.2, -0.15) is 0 Å². The second-order valence-electron chi connectivity index (χ2n) is 6.42. The van der Waals surface area contributed by atoms with Crippen LogP contribution in [0, 0.1) is 13.8 Å². The Bertz CT molecular complexity index is 885. The average Bonchev–Trinajstić information content (AvgIpc) is 2.63. The van der Waals surface area contributed by atoms with Gasteiger partial charge < -0.3 is 5.21 Å². The first-order valence-electron chi connectivity index (χ1n) is 8.54. The zero-order valence-electron chi connectivity index (χ0n) is 14.9. The number of hydrogen-bond donors (Lipinski definition) is 1. The highest BCUT2D eigenvalue weighted by atomic mass is 79.9. The molecular weight excluding hydrogens is 388 g/mol. The normalized spacial score (nSPS) is 12.8. The maximum absolute atomic E-state index is 9.88. The van der Waals surface area contributed by atoms with Crippen molar-refractivity contribution in [1.29, 1.82) is 0 Å². The van der Waals surface area contributed by atoms with Crippen LogP contribution in [0.1, 0.15) is 34.0 Å². The first-order chi connectivity index (χ1) is 12.6. The van der Waals surface area contributed by atoms with E-state index in [0.717, 1.165) is 33.4 Å². The summed E-state index contributed by atoms with van der Waals surface area (Å²) in [5, 5.41) is 13.6. The van der Waals surface area contributed by atoms with Crippen molar-refractivity contribution in [3.05, 3.63) is 99.3 Å². The van der Waals surface area contributed by atoms with Crippen LogP contribution in [-0.2, 0) is 6.42 Å². The molecule has 4 heteroatoms. The lowest BCUT2D eigenvalue weighted by molar-refractivity contribution is 0.317. The van der Waals surface area contributed by atoms with Gasteiger partial charge in [0.1, 0.15) is 0 Å². The van der Waals surface area contributed by atoms with E-state index in [1.807, 2.05) is 56.3 Å². The predicted octanol–water partition coefficient (Wildman–Crippen LogP) is 5.67. The molecule has 1 atom stereocenters. The molecule has 0 aliphatic carbocycles. The lowest BCUT2D eigenvalue weighted by Gasteiger charge is -2.20. The number of pyridine rings is 1. The summed E-state index contributed by atoms with van der Waals surface area (Å²) in [7, 11) is 0. The van der Waals surface area contributed by atoms with Crippen LogP contribution in [0.3, 0.4) is 0 Å². The Kier molecular flexibility index (Phi) is 5.84. The molecule has 132 valence electrons. The number of aryl methyl sites for hydroxylation is 2. The van der Waals surface area contributed by atoms with Crippen molar-refractivity contribution < 1.29 is 5.21 Å². The van der Waals surface area contributed by atoms with Crippen LogP contribution >= 0.6 is 15.9 Å². The van der Waals surface area contributed by atoms with Gasteiger partial charge in [-0.15, -0.1) is 0 Å². The van der Waals surface area contributed by atoms with Crippen LogP contribution in [0.15, 0.2) is 76.4 Å². The molecule has 0 saturated heterocycles. The van der Waals surface area contributed by atoms with Crippen LogP contribution in [0.4, 0.5) is 0 Å². The van der Waals surface area contributed by atoms with Crippen LogP contribution in [0.25, 0.3) is 0 Å². The van der Waals surface area contributed by atoms with Crippen LogP contribution in [0.5, 0.6) is 0 Å². The average molecular weight is 409 g/mol. The van der Waals surface area contributed by atoms with Crippen molar-refractivity contribution in [3.8, 4) is 0 Å². The van der Waals surface area contributed by atoms with Crippen LogP contribution in [0.2, 0.25) is 0 Å². The quantitative estimate of drug-likeness (QED) is 0.336.